The fourth-order valence-corrected chi connectivity index (χ4v) is 2.79. The molecule has 0 aliphatic rings. The molecule has 0 unspecified atom stereocenters. The zero-order valence-electron chi connectivity index (χ0n) is 25.1. The van der Waals surface area contributed by atoms with E-state index in [0.717, 1.165) is 52.8 Å². The molecule has 0 radical (unpaired) electrons. The highest BCUT2D eigenvalue weighted by atomic mass is 16.5. The molecule has 0 saturated carbocycles. The van der Waals surface area contributed by atoms with Gasteiger partial charge < -0.3 is 25.6 Å². The SMILES string of the molecule is CC.CC/C=C(\C)C=O.COC.Cc1cc(OCc2ccccc2)ccc1N.O=CNCCc1ccc(O)cc1. The number of aldehydes is 1. The lowest BCUT2D eigenvalue weighted by atomic mass is 10.1. The first-order valence-corrected chi connectivity index (χ1v) is 13.3. The van der Waals surface area contributed by atoms with E-state index in [0.29, 0.717) is 19.6 Å². The number of hydrogen-bond acceptors (Lipinski definition) is 6. The van der Waals surface area contributed by atoms with E-state index in [1.54, 1.807) is 33.3 Å². The Hall–Kier alpha value is -4.10. The van der Waals surface area contributed by atoms with Crippen LogP contribution in [0.1, 0.15) is 50.8 Å². The van der Waals surface area contributed by atoms with Gasteiger partial charge in [-0.15, -0.1) is 0 Å². The molecule has 3 rings (SSSR count). The molecular weight excluding hydrogens is 504 g/mol. The highest BCUT2D eigenvalue weighted by molar-refractivity contribution is 5.71. The van der Waals surface area contributed by atoms with Crippen LogP contribution >= 0.6 is 0 Å². The number of carbonyl (C=O) groups excluding carboxylic acids is 2. The Morgan fingerprint density at radius 3 is 2.02 bits per heavy atom. The Balaban J connectivity index is 0. The predicted molar refractivity (Wildman–Crippen MR) is 167 cm³/mol. The van der Waals surface area contributed by atoms with E-state index >= 15 is 0 Å². The maximum Gasteiger partial charge on any atom is 0.207 e. The second kappa shape index (κ2) is 26.5. The molecule has 4 N–H and O–H groups in total. The van der Waals surface area contributed by atoms with Crippen molar-refractivity contribution in [3.8, 4) is 11.5 Å². The molecule has 7 nitrogen and oxygen atoms in total. The molecule has 0 aliphatic heterocycles. The number of anilines is 1. The van der Waals surface area contributed by atoms with Crippen molar-refractivity contribution in [3.05, 3.63) is 101 Å². The summed E-state index contributed by atoms with van der Waals surface area (Å²) in [5, 5.41) is 11.5. The second-order valence-corrected chi connectivity index (χ2v) is 8.16. The van der Waals surface area contributed by atoms with Crippen LogP contribution in [0.5, 0.6) is 11.5 Å². The summed E-state index contributed by atoms with van der Waals surface area (Å²) < 4.78 is 9.92. The first-order valence-electron chi connectivity index (χ1n) is 13.3. The molecule has 3 aromatic rings. The first-order chi connectivity index (χ1) is 19.3. The summed E-state index contributed by atoms with van der Waals surface area (Å²) >= 11 is 0. The number of amides is 1. The predicted octanol–water partition coefficient (Wildman–Crippen LogP) is 6.67. The van der Waals surface area contributed by atoms with Crippen molar-refractivity contribution >= 4 is 18.4 Å². The molecule has 220 valence electrons. The Kier molecular flexibility index (Phi) is 25.2. The van der Waals surface area contributed by atoms with Crippen LogP contribution in [0.3, 0.4) is 0 Å². The molecule has 7 heteroatoms. The number of aryl methyl sites for hydroxylation is 1. The number of allylic oxidation sites excluding steroid dienone is 2. The molecule has 40 heavy (non-hydrogen) atoms. The summed E-state index contributed by atoms with van der Waals surface area (Å²) in [5.74, 6) is 1.12. The maximum atomic E-state index is 9.90. The molecule has 0 spiro atoms. The van der Waals surface area contributed by atoms with E-state index in [1.807, 2.05) is 94.4 Å². The van der Waals surface area contributed by atoms with Gasteiger partial charge in [-0.2, -0.15) is 0 Å². The van der Waals surface area contributed by atoms with E-state index in [1.165, 1.54) is 0 Å². The van der Waals surface area contributed by atoms with Crippen LogP contribution in [0.25, 0.3) is 0 Å². The molecule has 0 bridgehead atoms. The third-order valence-corrected chi connectivity index (χ3v) is 4.78. The number of carbonyl (C=O) groups is 2. The van der Waals surface area contributed by atoms with Gasteiger partial charge in [0.2, 0.25) is 6.41 Å². The summed E-state index contributed by atoms with van der Waals surface area (Å²) in [6, 6.07) is 22.8. The summed E-state index contributed by atoms with van der Waals surface area (Å²) in [7, 11) is 3.25. The van der Waals surface area contributed by atoms with Crippen LogP contribution in [-0.2, 0) is 27.4 Å². The van der Waals surface area contributed by atoms with E-state index < -0.39 is 0 Å². The van der Waals surface area contributed by atoms with Crippen LogP contribution in [0.15, 0.2) is 84.4 Å². The fourth-order valence-electron chi connectivity index (χ4n) is 2.79. The van der Waals surface area contributed by atoms with Crippen LogP contribution in [0, 0.1) is 6.92 Å². The number of nitrogens with two attached hydrogens (primary N) is 1. The van der Waals surface area contributed by atoms with Crippen LogP contribution in [0.2, 0.25) is 0 Å². The van der Waals surface area contributed by atoms with Gasteiger partial charge in [0, 0.05) is 26.5 Å². The summed E-state index contributed by atoms with van der Waals surface area (Å²) in [6.45, 7) is 11.0. The van der Waals surface area contributed by atoms with E-state index in [2.05, 4.69) is 10.1 Å². The fraction of sp³-hybridized carbons (Fsp3) is 0.333. The van der Waals surface area contributed by atoms with E-state index in [4.69, 9.17) is 15.6 Å². The zero-order chi connectivity index (χ0) is 30.6. The van der Waals surface area contributed by atoms with Crippen molar-refractivity contribution in [1.29, 1.82) is 0 Å². The average Bonchev–Trinajstić information content (AvgIpc) is 2.98. The van der Waals surface area contributed by atoms with Crippen molar-refractivity contribution in [2.45, 2.75) is 54.1 Å². The molecule has 0 fully saturated rings. The van der Waals surface area contributed by atoms with Crippen molar-refractivity contribution < 1.29 is 24.2 Å². The second-order valence-electron chi connectivity index (χ2n) is 8.16. The molecule has 0 saturated heterocycles. The topological polar surface area (TPSA) is 111 Å². The van der Waals surface area contributed by atoms with Crippen molar-refractivity contribution in [2.75, 3.05) is 26.5 Å². The number of aromatic hydroxyl groups is 1. The number of phenols is 1. The number of ether oxygens (including phenoxy) is 2. The Morgan fingerprint density at radius 2 is 1.55 bits per heavy atom. The molecule has 0 aromatic heterocycles. The number of benzene rings is 3. The molecular formula is C33H48N2O5. The summed E-state index contributed by atoms with van der Waals surface area (Å²) in [6.07, 6.45) is 5.18. The highest BCUT2D eigenvalue weighted by Crippen LogP contribution is 2.19. The number of nitrogens with one attached hydrogen (secondary N) is 1. The third-order valence-electron chi connectivity index (χ3n) is 4.78. The minimum absolute atomic E-state index is 0.266. The monoisotopic (exact) mass is 552 g/mol. The van der Waals surface area contributed by atoms with Crippen molar-refractivity contribution in [2.24, 2.45) is 0 Å². The van der Waals surface area contributed by atoms with Crippen LogP contribution in [-0.4, -0.2) is 38.6 Å². The van der Waals surface area contributed by atoms with Gasteiger partial charge in [0.05, 0.1) is 0 Å². The van der Waals surface area contributed by atoms with Gasteiger partial charge in [-0.1, -0.05) is 69.3 Å². The maximum absolute atomic E-state index is 9.90. The summed E-state index contributed by atoms with van der Waals surface area (Å²) in [4.78, 5) is 19.7. The van der Waals surface area contributed by atoms with Gasteiger partial charge in [-0.3, -0.25) is 9.59 Å². The van der Waals surface area contributed by atoms with Crippen molar-refractivity contribution in [1.82, 2.24) is 5.32 Å². The van der Waals surface area contributed by atoms with Gasteiger partial charge >= 0.3 is 0 Å². The van der Waals surface area contributed by atoms with Crippen molar-refractivity contribution in [3.63, 3.8) is 0 Å². The number of nitrogen functional groups attached to an aromatic ring is 1. The quantitative estimate of drug-likeness (QED) is 0.118. The van der Waals surface area contributed by atoms with Gasteiger partial charge in [-0.25, -0.2) is 0 Å². The minimum atomic E-state index is 0.266. The molecule has 0 aliphatic carbocycles. The smallest absolute Gasteiger partial charge is 0.207 e. The number of hydrogen-bond donors (Lipinski definition) is 3. The molecule has 0 atom stereocenters. The minimum Gasteiger partial charge on any atom is -0.508 e. The normalized spacial score (nSPS) is 9.43. The lowest BCUT2D eigenvalue weighted by molar-refractivity contribution is -0.109. The third kappa shape index (κ3) is 20.9. The highest BCUT2D eigenvalue weighted by Gasteiger charge is 1.98. The molecule has 0 heterocycles. The lowest BCUT2D eigenvalue weighted by Gasteiger charge is -2.08. The van der Waals surface area contributed by atoms with Gasteiger partial charge in [-0.05, 0) is 79.3 Å². The number of phenolic OH excluding ortho intramolecular Hbond substituents is 1. The Labute approximate surface area is 241 Å². The van der Waals surface area contributed by atoms with Gasteiger partial charge in [0.15, 0.2) is 0 Å². The van der Waals surface area contributed by atoms with Crippen LogP contribution in [0.4, 0.5) is 5.69 Å². The average molecular weight is 553 g/mol. The standard InChI is InChI=1S/C14H15NO.C9H11NO2.C6H10O.C2H6O.C2H6/c1-11-9-13(7-8-14(11)15)16-10-12-5-3-2-4-6-12;11-7-10-6-5-8-1-3-9(12)4-2-8;1-3-4-6(2)5-7;1-3-2;1-2/h2-9H,10,15H2,1H3;1-4,7,12H,5-6H2,(H,10,11);4-5H,3H2,1-2H3;1-2H3;1-2H3/b;;6-4+;;. The van der Waals surface area contributed by atoms with Gasteiger partial charge in [0.1, 0.15) is 24.4 Å². The first kappa shape index (κ1) is 38.0. The van der Waals surface area contributed by atoms with E-state index in [9.17, 15) is 9.59 Å². The Morgan fingerprint density at radius 1 is 0.950 bits per heavy atom. The van der Waals surface area contributed by atoms with E-state index in [-0.39, 0.29) is 5.75 Å². The number of methoxy groups -OCH3 is 1. The summed E-state index contributed by atoms with van der Waals surface area (Å²) in [5.41, 5.74) is 10.7. The molecule has 1 amide bonds. The van der Waals surface area contributed by atoms with Crippen LogP contribution < -0.4 is 15.8 Å². The molecule has 3 aromatic carbocycles. The van der Waals surface area contributed by atoms with Gasteiger partial charge in [0.25, 0.3) is 0 Å². The number of rotatable bonds is 9. The largest absolute Gasteiger partial charge is 0.508 e. The zero-order valence-corrected chi connectivity index (χ0v) is 25.1. The Bertz CT molecular complexity index is 1050. The lowest BCUT2D eigenvalue weighted by Crippen LogP contribution is -2.14.